The molecular weight excluding hydrogens is 578 g/mol. The van der Waals surface area contributed by atoms with Crippen LogP contribution in [0.5, 0.6) is 0 Å². The Kier molecular flexibility index (Phi) is 8.32. The number of halogens is 3. The number of urea groups is 1. The Morgan fingerprint density at radius 1 is 0.900 bits per heavy atom. The number of rotatable bonds is 5. The molecule has 0 atom stereocenters. The van der Waals surface area contributed by atoms with Crippen LogP contribution < -0.4 is 15.5 Å². The second-order valence-electron chi connectivity index (χ2n) is 9.71. The number of benzene rings is 3. The van der Waals surface area contributed by atoms with Gasteiger partial charge in [0.1, 0.15) is 10.7 Å². The van der Waals surface area contributed by atoms with Crippen molar-refractivity contribution in [1.29, 1.82) is 0 Å². The van der Waals surface area contributed by atoms with E-state index in [9.17, 15) is 22.4 Å². The van der Waals surface area contributed by atoms with Crippen molar-refractivity contribution < 1.29 is 22.4 Å². The summed E-state index contributed by atoms with van der Waals surface area (Å²) in [6, 6.07) is 15.0. The minimum atomic E-state index is -3.86. The predicted octanol–water partition coefficient (Wildman–Crippen LogP) is 6.16. The number of hydrogen-bond donors (Lipinski definition) is 2. The number of piperidine rings is 1. The lowest BCUT2D eigenvalue weighted by molar-refractivity contribution is -0.123. The van der Waals surface area contributed by atoms with E-state index in [1.54, 1.807) is 23.1 Å². The van der Waals surface area contributed by atoms with E-state index in [4.69, 9.17) is 23.2 Å². The lowest BCUT2D eigenvalue weighted by Gasteiger charge is -2.36. The van der Waals surface area contributed by atoms with Gasteiger partial charge in [0.05, 0.1) is 10.7 Å². The first-order chi connectivity index (χ1) is 19.1. The Labute approximate surface area is 242 Å². The molecule has 0 radical (unpaired) electrons. The fourth-order valence-corrected chi connectivity index (χ4v) is 7.39. The summed E-state index contributed by atoms with van der Waals surface area (Å²) in [5.41, 5.74) is 2.14. The molecule has 0 bridgehead atoms. The Morgan fingerprint density at radius 3 is 2.35 bits per heavy atom. The Hall–Kier alpha value is -3.18. The van der Waals surface area contributed by atoms with Crippen LogP contribution in [-0.4, -0.2) is 44.3 Å². The molecule has 8 nitrogen and oxygen atoms in total. The van der Waals surface area contributed by atoms with E-state index in [2.05, 4.69) is 10.6 Å². The normalized spacial score (nSPS) is 16.3. The number of carbonyl (C=O) groups excluding carboxylic acids is 2. The molecule has 1 fully saturated rings. The summed E-state index contributed by atoms with van der Waals surface area (Å²) in [6.07, 6.45) is 2.09. The van der Waals surface area contributed by atoms with E-state index in [1.165, 1.54) is 40.7 Å². The van der Waals surface area contributed by atoms with E-state index >= 15 is 0 Å². The average molecular weight is 606 g/mol. The minimum absolute atomic E-state index is 0.0459. The van der Waals surface area contributed by atoms with Crippen LogP contribution >= 0.6 is 23.2 Å². The first kappa shape index (κ1) is 28.4. The quantitative estimate of drug-likeness (QED) is 0.364. The summed E-state index contributed by atoms with van der Waals surface area (Å²) in [6.45, 7) is 0.882. The molecule has 12 heteroatoms. The molecule has 210 valence electrons. The van der Waals surface area contributed by atoms with Crippen LogP contribution in [0.1, 0.15) is 24.8 Å². The summed E-state index contributed by atoms with van der Waals surface area (Å²) in [4.78, 5) is 27.9. The Bertz CT molecular complexity index is 1560. The van der Waals surface area contributed by atoms with E-state index in [0.717, 1.165) is 5.56 Å². The van der Waals surface area contributed by atoms with Crippen LogP contribution in [0, 0.1) is 11.7 Å². The van der Waals surface area contributed by atoms with Gasteiger partial charge < -0.3 is 15.5 Å². The molecule has 0 saturated carbocycles. The van der Waals surface area contributed by atoms with Crippen molar-refractivity contribution in [3.63, 3.8) is 0 Å². The van der Waals surface area contributed by atoms with Crippen LogP contribution in [0.2, 0.25) is 10.0 Å². The molecule has 5 rings (SSSR count). The van der Waals surface area contributed by atoms with Crippen LogP contribution in [0.3, 0.4) is 0 Å². The molecule has 2 heterocycles. The highest BCUT2D eigenvalue weighted by molar-refractivity contribution is 7.89. The number of amides is 3. The van der Waals surface area contributed by atoms with Crippen molar-refractivity contribution in [3.8, 4) is 0 Å². The molecule has 3 aromatic rings. The Morgan fingerprint density at radius 2 is 1.60 bits per heavy atom. The molecule has 0 aliphatic carbocycles. The maximum atomic E-state index is 14.0. The van der Waals surface area contributed by atoms with Crippen LogP contribution in [0.25, 0.3) is 0 Å². The molecule has 40 heavy (non-hydrogen) atoms. The summed E-state index contributed by atoms with van der Waals surface area (Å²) < 4.78 is 41.7. The number of nitrogens with one attached hydrogen (secondary N) is 2. The molecule has 2 aliphatic heterocycles. The first-order valence-electron chi connectivity index (χ1n) is 12.9. The van der Waals surface area contributed by atoms with Crippen molar-refractivity contribution in [3.05, 3.63) is 82.1 Å². The largest absolute Gasteiger partial charge is 0.323 e. The Balaban J connectivity index is 1.27. The van der Waals surface area contributed by atoms with Gasteiger partial charge in [0, 0.05) is 41.9 Å². The summed E-state index contributed by atoms with van der Waals surface area (Å²) in [7, 11) is -3.86. The van der Waals surface area contributed by atoms with Gasteiger partial charge in [0.2, 0.25) is 15.9 Å². The summed E-state index contributed by atoms with van der Waals surface area (Å²) in [5, 5.41) is 5.66. The molecule has 0 aromatic heterocycles. The highest BCUT2D eigenvalue weighted by Crippen LogP contribution is 2.36. The monoisotopic (exact) mass is 604 g/mol. The molecule has 3 aromatic carbocycles. The van der Waals surface area contributed by atoms with Gasteiger partial charge in [-0.2, -0.15) is 4.31 Å². The highest BCUT2D eigenvalue weighted by Gasteiger charge is 2.36. The van der Waals surface area contributed by atoms with Crippen molar-refractivity contribution in [2.75, 3.05) is 35.2 Å². The van der Waals surface area contributed by atoms with Gasteiger partial charge in [0.25, 0.3) is 0 Å². The van der Waals surface area contributed by atoms with E-state index in [0.29, 0.717) is 43.6 Å². The van der Waals surface area contributed by atoms with Crippen molar-refractivity contribution in [2.24, 2.45) is 5.92 Å². The summed E-state index contributed by atoms with van der Waals surface area (Å²) >= 11 is 12.1. The predicted molar refractivity (Wildman–Crippen MR) is 154 cm³/mol. The molecule has 1 saturated heterocycles. The van der Waals surface area contributed by atoms with Gasteiger partial charge in [-0.1, -0.05) is 41.4 Å². The van der Waals surface area contributed by atoms with Crippen molar-refractivity contribution in [2.45, 2.75) is 30.6 Å². The zero-order valence-electron chi connectivity index (χ0n) is 21.4. The number of para-hydroxylation sites is 1. The van der Waals surface area contributed by atoms with Gasteiger partial charge in [-0.25, -0.2) is 17.6 Å². The lowest BCUT2D eigenvalue weighted by Crippen LogP contribution is -2.45. The van der Waals surface area contributed by atoms with Crippen LogP contribution in [-0.2, 0) is 21.2 Å². The second-order valence-corrected chi connectivity index (χ2v) is 12.5. The smallest absolute Gasteiger partial charge is 0.312 e. The van der Waals surface area contributed by atoms with Gasteiger partial charge >= 0.3 is 6.03 Å². The highest BCUT2D eigenvalue weighted by atomic mass is 35.5. The third kappa shape index (κ3) is 5.81. The van der Waals surface area contributed by atoms with Crippen LogP contribution in [0.15, 0.2) is 65.6 Å². The molecule has 0 spiro atoms. The van der Waals surface area contributed by atoms with E-state index in [1.807, 2.05) is 6.07 Å². The number of sulfonamides is 1. The fourth-order valence-electron chi connectivity index (χ4n) is 5.19. The zero-order valence-corrected chi connectivity index (χ0v) is 23.7. The molecule has 0 unspecified atom stereocenters. The van der Waals surface area contributed by atoms with Gasteiger partial charge in [-0.05, 0) is 73.7 Å². The van der Waals surface area contributed by atoms with Gasteiger partial charge in [-0.15, -0.1) is 0 Å². The second kappa shape index (κ2) is 11.7. The van der Waals surface area contributed by atoms with Crippen molar-refractivity contribution >= 4 is 62.2 Å². The topological polar surface area (TPSA) is 98.8 Å². The fraction of sp³-hybridized carbons (Fsp3) is 0.286. The first-order valence-corrected chi connectivity index (χ1v) is 15.1. The number of fused-ring (bicyclic) bond motifs is 1. The average Bonchev–Trinajstić information content (AvgIpc) is 2.95. The number of nitrogens with zero attached hydrogens (tertiary/aromatic N) is 2. The standard InChI is InChI=1S/C28H27Cl2FN4O4S/c29-19-10-11-21(30)26(17-19)40(38,39)34-15-12-18(13-16-34)27(36)35-14-4-5-20-23(8-3-9-25(20)35)32-28(37)33-24-7-2-1-6-22(24)31/h1-3,6-11,17-18H,4-5,12-16H2,(H2,32,33,37). The van der Waals surface area contributed by atoms with Gasteiger partial charge in [-0.3, -0.25) is 4.79 Å². The number of anilines is 3. The van der Waals surface area contributed by atoms with Gasteiger partial charge in [0.15, 0.2) is 0 Å². The van der Waals surface area contributed by atoms with Crippen LogP contribution in [0.4, 0.5) is 26.2 Å². The maximum Gasteiger partial charge on any atom is 0.323 e. The summed E-state index contributed by atoms with van der Waals surface area (Å²) in [5.74, 6) is -0.973. The molecule has 2 N–H and O–H groups in total. The third-order valence-corrected chi connectivity index (χ3v) is 9.82. The maximum absolute atomic E-state index is 14.0. The molecule has 2 aliphatic rings. The zero-order chi connectivity index (χ0) is 28.4. The number of carbonyl (C=O) groups is 2. The molecule has 3 amide bonds. The third-order valence-electron chi connectivity index (χ3n) is 7.20. The SMILES string of the molecule is O=C(Nc1ccccc1F)Nc1cccc2c1CCCN2C(=O)C1CCN(S(=O)(=O)c2cc(Cl)ccc2Cl)CC1. The number of hydrogen-bond acceptors (Lipinski definition) is 4. The molecular formula is C28H27Cl2FN4O4S. The minimum Gasteiger partial charge on any atom is -0.312 e. The van der Waals surface area contributed by atoms with Crippen molar-refractivity contribution in [1.82, 2.24) is 4.31 Å². The van der Waals surface area contributed by atoms with E-state index < -0.39 is 21.9 Å². The lowest BCUT2D eigenvalue weighted by atomic mass is 9.93. The van der Waals surface area contributed by atoms with E-state index in [-0.39, 0.29) is 45.5 Å².